The van der Waals surface area contributed by atoms with Crippen molar-refractivity contribution in [1.82, 2.24) is 10.6 Å². The Hall–Kier alpha value is -1.26. The van der Waals surface area contributed by atoms with Crippen LogP contribution in [0.1, 0.15) is 52.4 Å². The van der Waals surface area contributed by atoms with Crippen molar-refractivity contribution < 1.29 is 14.7 Å². The standard InChI is InChI=1S/C14H24N2O3/c1-9-5-7-14(8-6-9,12(17)18)16-13(19)15-10(2)11-3-4-11/h9-11H,3-8H2,1-2H3,(H,17,18)(H2,15,16,19). The average Bonchev–Trinajstić information content (AvgIpc) is 3.16. The van der Waals surface area contributed by atoms with Crippen LogP contribution in [0.25, 0.3) is 0 Å². The van der Waals surface area contributed by atoms with E-state index in [1.54, 1.807) is 0 Å². The minimum atomic E-state index is -1.07. The number of carboxylic acids is 1. The maximum Gasteiger partial charge on any atom is 0.329 e. The van der Waals surface area contributed by atoms with Gasteiger partial charge >= 0.3 is 12.0 Å². The van der Waals surface area contributed by atoms with E-state index in [1.165, 1.54) is 0 Å². The van der Waals surface area contributed by atoms with E-state index >= 15 is 0 Å². The number of carbonyl (C=O) groups is 2. The van der Waals surface area contributed by atoms with E-state index in [2.05, 4.69) is 17.6 Å². The Morgan fingerprint density at radius 1 is 1.21 bits per heavy atom. The molecular formula is C14H24N2O3. The molecule has 0 spiro atoms. The van der Waals surface area contributed by atoms with Crippen LogP contribution in [0.2, 0.25) is 0 Å². The molecule has 1 unspecified atom stereocenters. The smallest absolute Gasteiger partial charge is 0.329 e. The topological polar surface area (TPSA) is 78.4 Å². The number of rotatable bonds is 4. The minimum Gasteiger partial charge on any atom is -0.480 e. The number of hydrogen-bond donors (Lipinski definition) is 3. The largest absolute Gasteiger partial charge is 0.480 e. The van der Waals surface area contributed by atoms with Crippen LogP contribution >= 0.6 is 0 Å². The van der Waals surface area contributed by atoms with Gasteiger partial charge in [0.1, 0.15) is 5.54 Å². The SMILES string of the molecule is CC1CCC(NC(=O)NC(C)C2CC2)(C(=O)O)CC1. The van der Waals surface area contributed by atoms with Crippen molar-refractivity contribution in [2.45, 2.75) is 64.0 Å². The molecule has 2 amide bonds. The van der Waals surface area contributed by atoms with Crippen LogP contribution in [-0.2, 0) is 4.79 Å². The van der Waals surface area contributed by atoms with Crippen LogP contribution in [0.15, 0.2) is 0 Å². The fraction of sp³-hybridized carbons (Fsp3) is 0.857. The predicted octanol–water partition coefficient (Wildman–Crippen LogP) is 2.12. The lowest BCUT2D eigenvalue weighted by atomic mass is 9.77. The van der Waals surface area contributed by atoms with Gasteiger partial charge in [-0.25, -0.2) is 9.59 Å². The second kappa shape index (κ2) is 5.39. The van der Waals surface area contributed by atoms with Gasteiger partial charge in [0, 0.05) is 6.04 Å². The van der Waals surface area contributed by atoms with Crippen LogP contribution in [0.5, 0.6) is 0 Å². The zero-order valence-electron chi connectivity index (χ0n) is 11.7. The highest BCUT2D eigenvalue weighted by molar-refractivity contribution is 5.86. The second-order valence-corrected chi connectivity index (χ2v) is 6.29. The van der Waals surface area contributed by atoms with E-state index in [4.69, 9.17) is 0 Å². The molecule has 0 heterocycles. The molecule has 5 heteroatoms. The number of hydrogen-bond acceptors (Lipinski definition) is 2. The van der Waals surface area contributed by atoms with Gasteiger partial charge in [-0.1, -0.05) is 6.92 Å². The zero-order valence-corrected chi connectivity index (χ0v) is 11.7. The second-order valence-electron chi connectivity index (χ2n) is 6.29. The number of amides is 2. The van der Waals surface area contributed by atoms with Gasteiger partial charge in [0.2, 0.25) is 0 Å². The number of carboxylic acid groups (broad SMARTS) is 1. The highest BCUT2D eigenvalue weighted by atomic mass is 16.4. The summed E-state index contributed by atoms with van der Waals surface area (Å²) >= 11 is 0. The molecule has 0 radical (unpaired) electrons. The van der Waals surface area contributed by atoms with E-state index in [0.29, 0.717) is 24.7 Å². The molecule has 0 aliphatic heterocycles. The molecule has 2 rings (SSSR count). The van der Waals surface area contributed by atoms with Gasteiger partial charge in [0.25, 0.3) is 0 Å². The van der Waals surface area contributed by atoms with Gasteiger partial charge in [0.15, 0.2) is 0 Å². The molecule has 108 valence electrons. The third kappa shape index (κ3) is 3.39. The maximum atomic E-state index is 12.0. The van der Waals surface area contributed by atoms with E-state index in [-0.39, 0.29) is 12.1 Å². The van der Waals surface area contributed by atoms with Crippen LogP contribution in [0.3, 0.4) is 0 Å². The summed E-state index contributed by atoms with van der Waals surface area (Å²) in [6, 6.07) is -0.204. The molecule has 2 saturated carbocycles. The third-order valence-electron chi connectivity index (χ3n) is 4.58. The highest BCUT2D eigenvalue weighted by Gasteiger charge is 2.43. The van der Waals surface area contributed by atoms with Crippen molar-refractivity contribution in [3.8, 4) is 0 Å². The Bertz CT molecular complexity index is 358. The molecule has 3 N–H and O–H groups in total. The summed E-state index contributed by atoms with van der Waals surface area (Å²) in [4.78, 5) is 23.5. The van der Waals surface area contributed by atoms with Crippen LogP contribution in [0, 0.1) is 11.8 Å². The molecule has 1 atom stereocenters. The van der Waals surface area contributed by atoms with Crippen molar-refractivity contribution in [1.29, 1.82) is 0 Å². The van der Waals surface area contributed by atoms with Gasteiger partial charge in [-0.3, -0.25) is 0 Å². The molecule has 5 nitrogen and oxygen atoms in total. The summed E-state index contributed by atoms with van der Waals surface area (Å²) in [6.45, 7) is 4.11. The van der Waals surface area contributed by atoms with Crippen molar-refractivity contribution in [2.75, 3.05) is 0 Å². The summed E-state index contributed by atoms with van der Waals surface area (Å²) in [5, 5.41) is 15.0. The Balaban J connectivity index is 1.92. The molecule has 0 aromatic carbocycles. The molecule has 2 aliphatic rings. The van der Waals surface area contributed by atoms with Gasteiger partial charge in [-0.2, -0.15) is 0 Å². The molecular weight excluding hydrogens is 244 g/mol. The van der Waals surface area contributed by atoms with Gasteiger partial charge in [-0.15, -0.1) is 0 Å². The fourth-order valence-corrected chi connectivity index (χ4v) is 2.82. The van der Waals surface area contributed by atoms with Gasteiger partial charge in [-0.05, 0) is 57.3 Å². The molecule has 19 heavy (non-hydrogen) atoms. The Kier molecular flexibility index (Phi) is 4.02. The lowest BCUT2D eigenvalue weighted by molar-refractivity contribution is -0.146. The van der Waals surface area contributed by atoms with E-state index in [0.717, 1.165) is 25.7 Å². The summed E-state index contributed by atoms with van der Waals surface area (Å²) in [6.07, 6.45) is 5.06. The third-order valence-corrected chi connectivity index (χ3v) is 4.58. The van der Waals surface area contributed by atoms with Crippen molar-refractivity contribution in [3.05, 3.63) is 0 Å². The van der Waals surface area contributed by atoms with E-state index in [1.807, 2.05) is 6.92 Å². The Morgan fingerprint density at radius 3 is 2.26 bits per heavy atom. The average molecular weight is 268 g/mol. The summed E-state index contributed by atoms with van der Waals surface area (Å²) in [7, 11) is 0. The minimum absolute atomic E-state index is 0.133. The number of carbonyl (C=O) groups excluding carboxylic acids is 1. The molecule has 0 saturated heterocycles. The molecule has 2 aliphatic carbocycles. The van der Waals surface area contributed by atoms with E-state index < -0.39 is 11.5 Å². The molecule has 0 bridgehead atoms. The molecule has 2 fully saturated rings. The quantitative estimate of drug-likeness (QED) is 0.730. The zero-order chi connectivity index (χ0) is 14.0. The van der Waals surface area contributed by atoms with Crippen LogP contribution in [0.4, 0.5) is 4.79 Å². The fourth-order valence-electron chi connectivity index (χ4n) is 2.82. The number of urea groups is 1. The highest BCUT2D eigenvalue weighted by Crippen LogP contribution is 2.33. The number of aliphatic carboxylic acids is 1. The molecule has 0 aromatic heterocycles. The molecule has 0 aromatic rings. The van der Waals surface area contributed by atoms with Crippen molar-refractivity contribution in [2.24, 2.45) is 11.8 Å². The van der Waals surface area contributed by atoms with Gasteiger partial charge < -0.3 is 15.7 Å². The van der Waals surface area contributed by atoms with E-state index in [9.17, 15) is 14.7 Å². The van der Waals surface area contributed by atoms with Crippen molar-refractivity contribution >= 4 is 12.0 Å². The maximum absolute atomic E-state index is 12.0. The number of nitrogens with one attached hydrogen (secondary N) is 2. The Labute approximate surface area is 114 Å². The first-order valence-electron chi connectivity index (χ1n) is 7.25. The first-order chi connectivity index (χ1) is 8.93. The Morgan fingerprint density at radius 2 is 1.79 bits per heavy atom. The summed E-state index contributed by atoms with van der Waals surface area (Å²) in [5.74, 6) is 0.203. The monoisotopic (exact) mass is 268 g/mol. The van der Waals surface area contributed by atoms with Crippen LogP contribution in [-0.4, -0.2) is 28.7 Å². The predicted molar refractivity (Wildman–Crippen MR) is 71.9 cm³/mol. The summed E-state index contributed by atoms with van der Waals surface area (Å²) < 4.78 is 0. The lowest BCUT2D eigenvalue weighted by Crippen LogP contribution is -2.59. The van der Waals surface area contributed by atoms with Crippen LogP contribution < -0.4 is 10.6 Å². The first-order valence-corrected chi connectivity index (χ1v) is 7.25. The normalized spacial score (nSPS) is 32.4. The van der Waals surface area contributed by atoms with Crippen molar-refractivity contribution in [3.63, 3.8) is 0 Å². The lowest BCUT2D eigenvalue weighted by Gasteiger charge is -2.36. The van der Waals surface area contributed by atoms with Gasteiger partial charge in [0.05, 0.1) is 0 Å². The summed E-state index contributed by atoms with van der Waals surface area (Å²) in [5.41, 5.74) is -1.07. The first kappa shape index (κ1) is 14.2.